The predicted octanol–water partition coefficient (Wildman–Crippen LogP) is 18.2. The molecule has 4 heterocycles. The summed E-state index contributed by atoms with van der Waals surface area (Å²) in [7, 11) is 0. The largest absolute Gasteiger partial charge is 0.458 e. The fraction of sp³-hybridized carbons (Fsp3) is 0.239. The van der Waals surface area contributed by atoms with Gasteiger partial charge in [0.1, 0.15) is 17.3 Å². The molecule has 76 heavy (non-hydrogen) atoms. The van der Waals surface area contributed by atoms with E-state index < -0.39 is 90.7 Å². The Morgan fingerprint density at radius 2 is 1.36 bits per heavy atom. The van der Waals surface area contributed by atoms with Gasteiger partial charge in [0.15, 0.2) is 0 Å². The maximum atomic E-state index is 10.2. The third-order valence-electron chi connectivity index (χ3n) is 15.2. The quantitative estimate of drug-likeness (QED) is 0.127. The van der Waals surface area contributed by atoms with E-state index in [0.29, 0.717) is 46.5 Å². The number of para-hydroxylation sites is 3. The van der Waals surface area contributed by atoms with Crippen molar-refractivity contribution in [1.29, 1.82) is 0 Å². The third-order valence-corrected chi connectivity index (χ3v) is 15.2. The highest BCUT2D eigenvalue weighted by molar-refractivity contribution is 6.09. The highest BCUT2D eigenvalue weighted by Crippen LogP contribution is 2.51. The van der Waals surface area contributed by atoms with E-state index in [-0.39, 0.29) is 11.0 Å². The van der Waals surface area contributed by atoms with E-state index in [4.69, 9.17) is 26.2 Å². The lowest BCUT2D eigenvalue weighted by Gasteiger charge is -2.46. The molecule has 1 unspecified atom stereocenters. The summed E-state index contributed by atoms with van der Waals surface area (Å²) in [4.78, 5) is 4.87. The smallest absolute Gasteiger partial charge is 0.269 e. The molecule has 376 valence electrons. The molecule has 2 aliphatic rings. The van der Waals surface area contributed by atoms with E-state index in [9.17, 15) is 8.22 Å². The monoisotopic (exact) mass is 1010 g/mol. The Bertz CT molecular complexity index is 4950. The molecule has 11 aromatic rings. The van der Waals surface area contributed by atoms with Crippen LogP contribution in [-0.4, -0.2) is 14.1 Å². The molecule has 0 fully saturated rings. The Morgan fingerprint density at radius 1 is 0.645 bits per heavy atom. The fourth-order valence-corrected chi connectivity index (χ4v) is 11.3. The molecule has 3 aromatic heterocycles. The Kier molecular flexibility index (Phi) is 7.10. The first-order valence-electron chi connectivity index (χ1n) is 34.5. The number of nitrogens with zero attached hydrogens (tertiary/aromatic N) is 4. The highest BCUT2D eigenvalue weighted by Gasteiger charge is 2.42. The zero-order valence-electron chi connectivity index (χ0n) is 61.3. The van der Waals surface area contributed by atoms with Gasteiger partial charge in [-0.2, -0.15) is 0 Å². The Balaban J connectivity index is 1.04. The zero-order chi connectivity index (χ0) is 68.0. The number of fused-ring (bicyclic) bond motifs is 11. The Labute approximate surface area is 473 Å². The summed E-state index contributed by atoms with van der Waals surface area (Å²) in [5.41, 5.74) is -1.17. The highest BCUT2D eigenvalue weighted by atomic mass is 16.5. The number of aromatic nitrogens is 4. The predicted molar refractivity (Wildman–Crippen MR) is 315 cm³/mol. The van der Waals surface area contributed by atoms with Crippen molar-refractivity contribution in [3.8, 4) is 73.2 Å². The minimum atomic E-state index is -4.13. The van der Waals surface area contributed by atoms with Crippen molar-refractivity contribution in [1.82, 2.24) is 14.1 Å². The van der Waals surface area contributed by atoms with Crippen LogP contribution in [0.5, 0.6) is 11.5 Å². The second-order valence-corrected chi connectivity index (χ2v) is 22.2. The molecule has 0 bridgehead atoms. The van der Waals surface area contributed by atoms with E-state index >= 15 is 0 Å². The first-order valence-corrected chi connectivity index (χ1v) is 25.5. The minimum absolute atomic E-state index is 0.0504. The summed E-state index contributed by atoms with van der Waals surface area (Å²) in [6.45, 7) is -2.87. The van der Waals surface area contributed by atoms with Gasteiger partial charge in [-0.15, -0.1) is 0 Å². The molecular weight excluding hydrogens is 925 g/mol. The van der Waals surface area contributed by atoms with E-state index in [0.717, 1.165) is 66.5 Å². The number of hydrogen-bond donors (Lipinski definition) is 0. The van der Waals surface area contributed by atoms with E-state index in [1.807, 2.05) is 131 Å². The first-order chi connectivity index (χ1) is 43.7. The molecule has 13 rings (SSSR count). The standard InChI is InChI=1S/C71H66N4O/c1-44-42-70(8,9)59-34-30-46(38-61(59)71(44,10)11)45-29-32-53-51-21-12-13-22-52(51)56-25-18-28-63-67(56)74(66-57(58(53)37-45)24-17-26-60(66)69(5,6)7)43-73(63)48-19-16-20-49(40-48)76-50-31-33-55-54-23-14-15-27-62(54)75(64(55)41-50)65-39-47(35-36-72-65)68(2,3)4/h12-41,44H,42H2,1-11H3/i8D3,9D3,10D3,11D3,30D,34D,38D,42D2,44D. The van der Waals surface area contributed by atoms with Gasteiger partial charge in [-0.25, -0.2) is 4.98 Å². The second kappa shape index (κ2) is 17.0. The van der Waals surface area contributed by atoms with E-state index in [2.05, 4.69) is 76.7 Å². The number of ether oxygens (including phenoxy) is 1. The fourth-order valence-electron chi connectivity index (χ4n) is 11.3. The maximum absolute atomic E-state index is 10.2. The average molecular weight is 1010 g/mol. The van der Waals surface area contributed by atoms with Gasteiger partial charge in [0.2, 0.25) is 0 Å². The number of imidazole rings is 1. The van der Waals surface area contributed by atoms with Gasteiger partial charge in [0.25, 0.3) is 6.33 Å². The molecule has 0 radical (unpaired) electrons. The zero-order valence-corrected chi connectivity index (χ0v) is 43.3. The normalized spacial score (nSPS) is 21.4. The van der Waals surface area contributed by atoms with Crippen LogP contribution in [0.4, 0.5) is 0 Å². The van der Waals surface area contributed by atoms with Gasteiger partial charge in [-0.3, -0.25) is 13.7 Å². The molecule has 8 aromatic carbocycles. The number of pyridine rings is 1. The molecule has 0 saturated carbocycles. The lowest BCUT2D eigenvalue weighted by atomic mass is 9.58. The van der Waals surface area contributed by atoms with Gasteiger partial charge < -0.3 is 4.74 Å². The minimum Gasteiger partial charge on any atom is -0.458 e. The topological polar surface area (TPSA) is 35.9 Å². The van der Waals surface area contributed by atoms with Crippen LogP contribution in [0.25, 0.3) is 94.5 Å². The Morgan fingerprint density at radius 3 is 2.16 bits per heavy atom. The molecule has 5 nitrogen and oxygen atoms in total. The van der Waals surface area contributed by atoms with Crippen molar-refractivity contribution < 1.29 is 34.0 Å². The maximum Gasteiger partial charge on any atom is 0.269 e. The van der Waals surface area contributed by atoms with Gasteiger partial charge >= 0.3 is 0 Å². The number of hydrogen-bond acceptors (Lipinski definition) is 2. The molecule has 1 aliphatic heterocycles. The summed E-state index contributed by atoms with van der Waals surface area (Å²) in [6.07, 6.45) is 1.49. The van der Waals surface area contributed by atoms with Crippen LogP contribution in [-0.2, 0) is 21.7 Å². The van der Waals surface area contributed by atoms with Crippen molar-refractivity contribution in [3.05, 3.63) is 211 Å². The van der Waals surface area contributed by atoms with Crippen molar-refractivity contribution in [2.24, 2.45) is 5.89 Å². The molecule has 0 N–H and O–H groups in total. The van der Waals surface area contributed by atoms with Crippen LogP contribution in [0.3, 0.4) is 0 Å². The average Bonchev–Trinajstić information content (AvgIpc) is 0.751. The molecule has 0 spiro atoms. The SMILES string of the molecule is [2H]c1c([2H])c2c(c([2H])c1-c1ccc3c(c1)-c1cccc(C(C)(C)C)c1-[n+]1[c-]n(-c4cccc(Oc5ccc6c7ccccc7n(-c7cc(C(C)(C)C)ccn7)c6c5)c4)c4cccc(c41)-c1ccccc1-3)C(C([2H])([2H])[2H])(C([2H])([2H])[2H])C([2H])(C)C([2H])([2H])C2(C([2H])([2H])[2H])C([2H])([2H])[2H]. The summed E-state index contributed by atoms with van der Waals surface area (Å²) in [5, 5.41) is 2.11. The van der Waals surface area contributed by atoms with Gasteiger partial charge in [0.05, 0.1) is 37.6 Å². The lowest BCUT2D eigenvalue weighted by molar-refractivity contribution is -0.572. The lowest BCUT2D eigenvalue weighted by Crippen LogP contribution is -2.40. The number of benzene rings is 8. The molecule has 1 aliphatic carbocycles. The Hall–Kier alpha value is -8.02. The van der Waals surface area contributed by atoms with Crippen LogP contribution in [0.1, 0.15) is 129 Å². The van der Waals surface area contributed by atoms with Gasteiger partial charge in [-0.1, -0.05) is 191 Å². The van der Waals surface area contributed by atoms with Gasteiger partial charge in [-0.05, 0) is 155 Å². The summed E-state index contributed by atoms with van der Waals surface area (Å²) in [5.74, 6) is -1.81. The van der Waals surface area contributed by atoms with Crippen molar-refractivity contribution >= 4 is 32.8 Å². The third kappa shape index (κ3) is 7.56. The number of rotatable bonds is 5. The van der Waals surface area contributed by atoms with Crippen molar-refractivity contribution in [2.75, 3.05) is 0 Å². The molecule has 5 heteroatoms. The first kappa shape index (κ1) is 31.8. The van der Waals surface area contributed by atoms with E-state index in [1.54, 1.807) is 12.1 Å². The van der Waals surface area contributed by atoms with E-state index in [1.165, 1.54) is 6.07 Å². The van der Waals surface area contributed by atoms with Crippen LogP contribution in [0, 0.1) is 12.2 Å². The molecular formula is C71H66N4O. The molecule has 0 amide bonds. The van der Waals surface area contributed by atoms with Gasteiger partial charge in [0, 0.05) is 43.6 Å². The van der Waals surface area contributed by atoms with Crippen molar-refractivity contribution in [2.45, 2.75) is 104 Å². The summed E-state index contributed by atoms with van der Waals surface area (Å²) >= 11 is 0. The second-order valence-electron chi connectivity index (χ2n) is 22.2. The summed E-state index contributed by atoms with van der Waals surface area (Å²) < 4.78 is 179. The van der Waals surface area contributed by atoms with Crippen LogP contribution in [0.2, 0.25) is 0 Å². The van der Waals surface area contributed by atoms with Crippen LogP contribution in [0.15, 0.2) is 182 Å². The molecule has 0 saturated heterocycles. The van der Waals surface area contributed by atoms with Crippen LogP contribution < -0.4 is 9.30 Å². The molecule has 1 atom stereocenters. The summed E-state index contributed by atoms with van der Waals surface area (Å²) in [6, 6.07) is 47.2. The van der Waals surface area contributed by atoms with Crippen LogP contribution >= 0.6 is 0 Å². The van der Waals surface area contributed by atoms with Crippen molar-refractivity contribution in [3.63, 3.8) is 0 Å².